The van der Waals surface area contributed by atoms with Crippen molar-refractivity contribution in [3.8, 4) is 0 Å². The Bertz CT molecular complexity index is 534. The highest BCUT2D eigenvalue weighted by molar-refractivity contribution is 5.32. The number of nitrogens with one attached hydrogen (secondary N) is 1. The van der Waals surface area contributed by atoms with Gasteiger partial charge in [-0.25, -0.2) is 0 Å². The smallest absolute Gasteiger partial charge is 0.220 e. The molecular formula is C15H21N3O. The van der Waals surface area contributed by atoms with Crippen LogP contribution in [0.3, 0.4) is 0 Å². The highest BCUT2D eigenvalue weighted by Gasteiger charge is 2.08. The van der Waals surface area contributed by atoms with Crippen LogP contribution in [0.5, 0.6) is 0 Å². The van der Waals surface area contributed by atoms with Crippen LogP contribution in [0.15, 0.2) is 22.6 Å². The topological polar surface area (TPSA) is 51.0 Å². The Balaban J connectivity index is 2.01. The quantitative estimate of drug-likeness (QED) is 0.809. The molecule has 0 fully saturated rings. The average molecular weight is 259 g/mol. The summed E-state index contributed by atoms with van der Waals surface area (Å²) in [5, 5.41) is 11.4. The molecule has 2 rings (SSSR count). The minimum Gasteiger partial charge on any atom is -0.425 e. The summed E-state index contributed by atoms with van der Waals surface area (Å²) in [4.78, 5) is 0. The van der Waals surface area contributed by atoms with E-state index in [1.807, 2.05) is 0 Å². The minimum absolute atomic E-state index is 0.695. The number of hydrogen-bond acceptors (Lipinski definition) is 4. The van der Waals surface area contributed by atoms with E-state index in [0.717, 1.165) is 19.5 Å². The molecule has 19 heavy (non-hydrogen) atoms. The summed E-state index contributed by atoms with van der Waals surface area (Å²) in [5.41, 5.74) is 3.77. The van der Waals surface area contributed by atoms with Crippen LogP contribution in [0.2, 0.25) is 0 Å². The molecule has 1 aromatic heterocycles. The number of benzene rings is 1. The fraction of sp³-hybridized carbons (Fsp3) is 0.467. The summed E-state index contributed by atoms with van der Waals surface area (Å²) in [5.74, 6) is 1.40. The molecule has 0 amide bonds. The van der Waals surface area contributed by atoms with Crippen LogP contribution in [-0.4, -0.2) is 23.3 Å². The number of nitrogens with zero attached hydrogens (tertiary/aromatic N) is 2. The second-order valence-electron chi connectivity index (χ2n) is 4.80. The Morgan fingerprint density at radius 1 is 1.16 bits per heavy atom. The standard InChI is InChI=1S/C15H21N3O/c1-4-16-8-7-14-17-18-15(19-14)10-13-9-11(2)5-6-12(13)3/h5-6,9,16H,4,7-8,10H2,1-3H3. The maximum Gasteiger partial charge on any atom is 0.220 e. The molecule has 0 unspecified atom stereocenters. The molecule has 0 aliphatic rings. The van der Waals surface area contributed by atoms with Gasteiger partial charge in [0.1, 0.15) is 0 Å². The van der Waals surface area contributed by atoms with Gasteiger partial charge in [-0.2, -0.15) is 0 Å². The van der Waals surface area contributed by atoms with Crippen molar-refractivity contribution in [2.45, 2.75) is 33.6 Å². The van der Waals surface area contributed by atoms with Gasteiger partial charge in [0.2, 0.25) is 11.8 Å². The van der Waals surface area contributed by atoms with Gasteiger partial charge >= 0.3 is 0 Å². The first-order valence-electron chi connectivity index (χ1n) is 6.77. The summed E-state index contributed by atoms with van der Waals surface area (Å²) < 4.78 is 5.67. The molecule has 0 radical (unpaired) electrons. The predicted molar refractivity (Wildman–Crippen MR) is 75.3 cm³/mol. The van der Waals surface area contributed by atoms with Crippen molar-refractivity contribution in [1.82, 2.24) is 15.5 Å². The second-order valence-corrected chi connectivity index (χ2v) is 4.80. The van der Waals surface area contributed by atoms with Crippen molar-refractivity contribution in [2.75, 3.05) is 13.1 Å². The van der Waals surface area contributed by atoms with Crippen LogP contribution >= 0.6 is 0 Å². The maximum absolute atomic E-state index is 5.67. The van der Waals surface area contributed by atoms with E-state index in [1.54, 1.807) is 0 Å². The molecule has 0 bridgehead atoms. The third-order valence-corrected chi connectivity index (χ3v) is 3.12. The molecule has 0 saturated heterocycles. The predicted octanol–water partition coefficient (Wildman–Crippen LogP) is 2.43. The molecule has 0 aliphatic heterocycles. The van der Waals surface area contributed by atoms with Crippen LogP contribution in [0.1, 0.15) is 35.4 Å². The molecule has 102 valence electrons. The lowest BCUT2D eigenvalue weighted by Gasteiger charge is -2.04. The Kier molecular flexibility index (Phi) is 4.68. The number of aromatic nitrogens is 2. The van der Waals surface area contributed by atoms with Gasteiger partial charge in [0, 0.05) is 13.0 Å². The van der Waals surface area contributed by atoms with E-state index < -0.39 is 0 Å². The van der Waals surface area contributed by atoms with Crippen molar-refractivity contribution in [3.05, 3.63) is 46.7 Å². The van der Waals surface area contributed by atoms with Gasteiger partial charge < -0.3 is 9.73 Å². The van der Waals surface area contributed by atoms with Gasteiger partial charge in [-0.1, -0.05) is 30.7 Å². The molecule has 2 aromatic rings. The second kappa shape index (κ2) is 6.48. The molecule has 1 heterocycles. The molecule has 0 saturated carbocycles. The molecule has 0 spiro atoms. The highest BCUT2D eigenvalue weighted by atomic mass is 16.4. The van der Waals surface area contributed by atoms with Crippen molar-refractivity contribution in [3.63, 3.8) is 0 Å². The summed E-state index contributed by atoms with van der Waals surface area (Å²) in [7, 11) is 0. The summed E-state index contributed by atoms with van der Waals surface area (Å²) in [6.07, 6.45) is 1.50. The zero-order valence-electron chi connectivity index (χ0n) is 11.9. The van der Waals surface area contributed by atoms with Crippen LogP contribution in [0.25, 0.3) is 0 Å². The van der Waals surface area contributed by atoms with E-state index in [-0.39, 0.29) is 0 Å². The first-order valence-corrected chi connectivity index (χ1v) is 6.77. The highest BCUT2D eigenvalue weighted by Crippen LogP contribution is 2.15. The lowest BCUT2D eigenvalue weighted by Crippen LogP contribution is -2.16. The van der Waals surface area contributed by atoms with Gasteiger partial charge in [-0.05, 0) is 31.5 Å². The third kappa shape index (κ3) is 3.89. The van der Waals surface area contributed by atoms with E-state index in [1.165, 1.54) is 16.7 Å². The molecule has 4 heteroatoms. The maximum atomic E-state index is 5.67. The SMILES string of the molecule is CCNCCc1nnc(Cc2cc(C)ccc2C)o1. The number of hydrogen-bond donors (Lipinski definition) is 1. The summed E-state index contributed by atoms with van der Waals surface area (Å²) in [6, 6.07) is 6.43. The first-order chi connectivity index (χ1) is 9.19. The Morgan fingerprint density at radius 3 is 2.74 bits per heavy atom. The number of aryl methyl sites for hydroxylation is 2. The normalized spacial score (nSPS) is 10.9. The van der Waals surface area contributed by atoms with Crippen molar-refractivity contribution >= 4 is 0 Å². The Morgan fingerprint density at radius 2 is 1.95 bits per heavy atom. The van der Waals surface area contributed by atoms with Gasteiger partial charge in [-0.3, -0.25) is 0 Å². The Hall–Kier alpha value is -1.68. The zero-order valence-corrected chi connectivity index (χ0v) is 11.9. The van der Waals surface area contributed by atoms with E-state index >= 15 is 0 Å². The zero-order chi connectivity index (χ0) is 13.7. The molecule has 0 atom stereocenters. The number of rotatable bonds is 6. The van der Waals surface area contributed by atoms with Gasteiger partial charge in [0.15, 0.2) is 0 Å². The molecule has 1 aromatic carbocycles. The van der Waals surface area contributed by atoms with Crippen LogP contribution in [0.4, 0.5) is 0 Å². The average Bonchev–Trinajstić information content (AvgIpc) is 2.82. The van der Waals surface area contributed by atoms with E-state index in [4.69, 9.17) is 4.42 Å². The largest absolute Gasteiger partial charge is 0.425 e. The monoisotopic (exact) mass is 259 g/mol. The molecule has 1 N–H and O–H groups in total. The van der Waals surface area contributed by atoms with E-state index in [2.05, 4.69) is 54.5 Å². The first kappa shape index (κ1) is 13.7. The van der Waals surface area contributed by atoms with Gasteiger partial charge in [-0.15, -0.1) is 10.2 Å². The Labute approximate surface area is 114 Å². The lowest BCUT2D eigenvalue weighted by atomic mass is 10.0. The fourth-order valence-corrected chi connectivity index (χ4v) is 1.99. The van der Waals surface area contributed by atoms with Crippen molar-refractivity contribution in [2.24, 2.45) is 0 Å². The molecule has 4 nitrogen and oxygen atoms in total. The van der Waals surface area contributed by atoms with E-state index in [0.29, 0.717) is 18.2 Å². The van der Waals surface area contributed by atoms with Crippen molar-refractivity contribution < 1.29 is 4.42 Å². The number of likely N-dealkylation sites (N-methyl/N-ethyl adjacent to an activating group) is 1. The molecule has 0 aliphatic carbocycles. The van der Waals surface area contributed by atoms with Crippen LogP contribution in [0, 0.1) is 13.8 Å². The van der Waals surface area contributed by atoms with E-state index in [9.17, 15) is 0 Å². The minimum atomic E-state index is 0.695. The van der Waals surface area contributed by atoms with Gasteiger partial charge in [0.25, 0.3) is 0 Å². The third-order valence-electron chi connectivity index (χ3n) is 3.12. The lowest BCUT2D eigenvalue weighted by molar-refractivity contribution is 0.452. The van der Waals surface area contributed by atoms with Crippen molar-refractivity contribution in [1.29, 1.82) is 0 Å². The van der Waals surface area contributed by atoms with Crippen LogP contribution in [-0.2, 0) is 12.8 Å². The fourth-order valence-electron chi connectivity index (χ4n) is 1.99. The van der Waals surface area contributed by atoms with Crippen LogP contribution < -0.4 is 5.32 Å². The summed E-state index contributed by atoms with van der Waals surface area (Å²) in [6.45, 7) is 8.13. The molecular weight excluding hydrogens is 238 g/mol. The van der Waals surface area contributed by atoms with Gasteiger partial charge in [0.05, 0.1) is 6.42 Å². The summed E-state index contributed by atoms with van der Waals surface area (Å²) >= 11 is 0.